The summed E-state index contributed by atoms with van der Waals surface area (Å²) >= 11 is 0. The number of pyridine rings is 1. The first-order valence-electron chi connectivity index (χ1n) is 11.4. The molecule has 1 aliphatic rings. The fraction of sp³-hybridized carbons (Fsp3) is 0.333. The van der Waals surface area contributed by atoms with Crippen LogP contribution in [0.5, 0.6) is 0 Å². The van der Waals surface area contributed by atoms with Crippen molar-refractivity contribution in [3.8, 4) is 11.3 Å². The van der Waals surface area contributed by atoms with Crippen molar-refractivity contribution in [2.45, 2.75) is 46.1 Å². The first-order valence-corrected chi connectivity index (χ1v) is 11.4. The minimum Gasteiger partial charge on any atom is -0.373 e. The van der Waals surface area contributed by atoms with Crippen molar-refractivity contribution >= 4 is 5.91 Å². The summed E-state index contributed by atoms with van der Waals surface area (Å²) < 4.78 is 5.80. The van der Waals surface area contributed by atoms with E-state index in [0.29, 0.717) is 12.2 Å². The fourth-order valence-corrected chi connectivity index (χ4v) is 4.35. The largest absolute Gasteiger partial charge is 0.373 e. The lowest BCUT2D eigenvalue weighted by atomic mass is 10.1. The third kappa shape index (κ3) is 5.97. The Kier molecular flexibility index (Phi) is 7.06. The number of H-pyrrole nitrogens is 1. The van der Waals surface area contributed by atoms with Crippen molar-refractivity contribution in [2.24, 2.45) is 0 Å². The van der Waals surface area contributed by atoms with Gasteiger partial charge in [0.05, 0.1) is 12.2 Å². The highest BCUT2D eigenvalue weighted by atomic mass is 16.5. The summed E-state index contributed by atoms with van der Waals surface area (Å²) in [5, 5.41) is 2.85. The van der Waals surface area contributed by atoms with Crippen molar-refractivity contribution < 1.29 is 9.53 Å². The monoisotopic (exact) mass is 445 g/mol. The van der Waals surface area contributed by atoms with Gasteiger partial charge in [-0.25, -0.2) is 0 Å². The second-order valence-electron chi connectivity index (χ2n) is 8.93. The van der Waals surface area contributed by atoms with Crippen molar-refractivity contribution in [2.75, 3.05) is 13.1 Å². The van der Waals surface area contributed by atoms with Gasteiger partial charge in [-0.15, -0.1) is 0 Å². The van der Waals surface area contributed by atoms with E-state index in [1.54, 1.807) is 12.1 Å². The third-order valence-corrected chi connectivity index (χ3v) is 5.86. The molecular formula is C27H31N3O3. The normalized spacial score (nSPS) is 18.8. The van der Waals surface area contributed by atoms with Crippen molar-refractivity contribution in [1.29, 1.82) is 0 Å². The first kappa shape index (κ1) is 23.0. The Bertz CT molecular complexity index is 1160. The van der Waals surface area contributed by atoms with E-state index >= 15 is 0 Å². The van der Waals surface area contributed by atoms with Crippen LogP contribution in [0.2, 0.25) is 0 Å². The first-order chi connectivity index (χ1) is 15.9. The van der Waals surface area contributed by atoms with Gasteiger partial charge in [0.15, 0.2) is 0 Å². The molecule has 1 aromatic heterocycles. The highest BCUT2D eigenvalue weighted by Gasteiger charge is 2.22. The molecule has 2 aromatic carbocycles. The SMILES string of the molecule is Cc1cccc(-c2ccc(C(=O)NCc3ccc(CN4CC(C)OC(C)C4)cc3)c(=O)[nH]2)c1. The van der Waals surface area contributed by atoms with Crippen LogP contribution in [0.3, 0.4) is 0 Å². The van der Waals surface area contributed by atoms with Crippen LogP contribution >= 0.6 is 0 Å². The van der Waals surface area contributed by atoms with Gasteiger partial charge in [-0.3, -0.25) is 14.5 Å². The van der Waals surface area contributed by atoms with Crippen LogP contribution in [0.15, 0.2) is 65.5 Å². The molecule has 1 aliphatic heterocycles. The Morgan fingerprint density at radius 2 is 1.73 bits per heavy atom. The molecule has 4 rings (SSSR count). The van der Waals surface area contributed by atoms with E-state index in [1.165, 1.54) is 5.56 Å². The average Bonchev–Trinajstić information content (AvgIpc) is 2.77. The molecule has 6 nitrogen and oxygen atoms in total. The van der Waals surface area contributed by atoms with Crippen LogP contribution in [-0.4, -0.2) is 41.1 Å². The number of aromatic amines is 1. The van der Waals surface area contributed by atoms with Gasteiger partial charge in [0, 0.05) is 31.9 Å². The number of carbonyl (C=O) groups is 1. The number of benzene rings is 2. The second kappa shape index (κ2) is 10.1. The Morgan fingerprint density at radius 3 is 2.39 bits per heavy atom. The molecule has 0 bridgehead atoms. The van der Waals surface area contributed by atoms with Crippen molar-refractivity contribution in [1.82, 2.24) is 15.2 Å². The molecule has 2 heterocycles. The maximum absolute atomic E-state index is 12.6. The summed E-state index contributed by atoms with van der Waals surface area (Å²) in [7, 11) is 0. The lowest BCUT2D eigenvalue weighted by Gasteiger charge is -2.35. The number of nitrogens with zero attached hydrogens (tertiary/aromatic N) is 1. The van der Waals surface area contributed by atoms with E-state index < -0.39 is 5.56 Å². The molecule has 1 amide bonds. The summed E-state index contributed by atoms with van der Waals surface area (Å²) in [5.74, 6) is -0.382. The van der Waals surface area contributed by atoms with Gasteiger partial charge < -0.3 is 15.0 Å². The van der Waals surface area contributed by atoms with E-state index in [1.807, 2.05) is 43.3 Å². The van der Waals surface area contributed by atoms with Crippen LogP contribution in [-0.2, 0) is 17.8 Å². The van der Waals surface area contributed by atoms with Crippen LogP contribution in [0, 0.1) is 6.92 Å². The molecule has 0 spiro atoms. The lowest BCUT2D eigenvalue weighted by Crippen LogP contribution is -2.44. The summed E-state index contributed by atoms with van der Waals surface area (Å²) in [5.41, 5.74) is 4.66. The van der Waals surface area contributed by atoms with Crippen molar-refractivity contribution in [3.05, 3.63) is 93.3 Å². The van der Waals surface area contributed by atoms with Gasteiger partial charge in [-0.2, -0.15) is 0 Å². The third-order valence-electron chi connectivity index (χ3n) is 5.86. The van der Waals surface area contributed by atoms with E-state index in [9.17, 15) is 9.59 Å². The lowest BCUT2D eigenvalue weighted by molar-refractivity contribution is -0.0704. The number of aryl methyl sites for hydroxylation is 1. The Morgan fingerprint density at radius 1 is 1.03 bits per heavy atom. The quantitative estimate of drug-likeness (QED) is 0.604. The molecule has 2 atom stereocenters. The van der Waals surface area contributed by atoms with Gasteiger partial charge in [0.1, 0.15) is 5.56 Å². The maximum Gasteiger partial charge on any atom is 0.261 e. The number of nitrogens with one attached hydrogen (secondary N) is 2. The molecule has 0 aliphatic carbocycles. The molecule has 0 radical (unpaired) electrons. The zero-order valence-corrected chi connectivity index (χ0v) is 19.4. The molecule has 1 fully saturated rings. The molecule has 172 valence electrons. The predicted octanol–water partition coefficient (Wildman–Crippen LogP) is 3.89. The highest BCUT2D eigenvalue weighted by Crippen LogP contribution is 2.17. The summed E-state index contributed by atoms with van der Waals surface area (Å²) in [6, 6.07) is 19.5. The molecular weight excluding hydrogens is 414 g/mol. The number of carbonyl (C=O) groups excluding carboxylic acids is 1. The van der Waals surface area contributed by atoms with Gasteiger partial charge in [0.2, 0.25) is 0 Å². The zero-order valence-electron chi connectivity index (χ0n) is 19.4. The number of rotatable bonds is 6. The number of aromatic nitrogens is 1. The zero-order chi connectivity index (χ0) is 23.4. The average molecular weight is 446 g/mol. The van der Waals surface area contributed by atoms with Crippen LogP contribution in [0.4, 0.5) is 0 Å². The van der Waals surface area contributed by atoms with Crippen LogP contribution in [0.1, 0.15) is 40.9 Å². The van der Waals surface area contributed by atoms with E-state index in [-0.39, 0.29) is 23.7 Å². The second-order valence-corrected chi connectivity index (χ2v) is 8.93. The van der Waals surface area contributed by atoms with Gasteiger partial charge >= 0.3 is 0 Å². The number of hydrogen-bond donors (Lipinski definition) is 2. The predicted molar refractivity (Wildman–Crippen MR) is 130 cm³/mol. The summed E-state index contributed by atoms with van der Waals surface area (Å²) in [4.78, 5) is 30.3. The molecule has 1 saturated heterocycles. The summed E-state index contributed by atoms with van der Waals surface area (Å²) in [6.45, 7) is 9.32. The van der Waals surface area contributed by atoms with E-state index in [0.717, 1.165) is 36.3 Å². The van der Waals surface area contributed by atoms with Gasteiger partial charge in [-0.1, -0.05) is 48.0 Å². The number of amides is 1. The molecule has 33 heavy (non-hydrogen) atoms. The van der Waals surface area contributed by atoms with E-state index in [4.69, 9.17) is 4.74 Å². The standard InChI is InChI=1S/C27H31N3O3/c1-18-5-4-6-23(13-18)25-12-11-24(27(32)29-25)26(31)28-14-21-7-9-22(10-8-21)17-30-15-19(2)33-20(3)16-30/h4-13,19-20H,14-17H2,1-3H3,(H,28,31)(H,29,32). The maximum atomic E-state index is 12.6. The van der Waals surface area contributed by atoms with Crippen molar-refractivity contribution in [3.63, 3.8) is 0 Å². The Hall–Kier alpha value is -3.22. The minimum atomic E-state index is -0.393. The number of hydrogen-bond acceptors (Lipinski definition) is 4. The highest BCUT2D eigenvalue weighted by molar-refractivity contribution is 5.94. The molecule has 2 unspecified atom stereocenters. The smallest absolute Gasteiger partial charge is 0.261 e. The van der Waals surface area contributed by atoms with Crippen LogP contribution < -0.4 is 10.9 Å². The van der Waals surface area contributed by atoms with Gasteiger partial charge in [-0.05, 0) is 55.7 Å². The fourth-order valence-electron chi connectivity index (χ4n) is 4.35. The number of ether oxygens (including phenoxy) is 1. The molecule has 3 aromatic rings. The topological polar surface area (TPSA) is 74.4 Å². The minimum absolute atomic E-state index is 0.110. The molecule has 0 saturated carbocycles. The van der Waals surface area contributed by atoms with Crippen LogP contribution in [0.25, 0.3) is 11.3 Å². The van der Waals surface area contributed by atoms with Gasteiger partial charge in [0.25, 0.3) is 11.5 Å². The molecule has 2 N–H and O–H groups in total. The Labute approximate surface area is 194 Å². The Balaban J connectivity index is 1.34. The number of morpholine rings is 1. The van der Waals surface area contributed by atoms with E-state index in [2.05, 4.69) is 41.2 Å². The molecule has 6 heteroatoms. The summed E-state index contributed by atoms with van der Waals surface area (Å²) in [6.07, 6.45) is 0.495.